The highest BCUT2D eigenvalue weighted by Crippen LogP contribution is 2.38. The zero-order valence-corrected chi connectivity index (χ0v) is 14.7. The molecule has 25 heavy (non-hydrogen) atoms. The van der Waals surface area contributed by atoms with Crippen LogP contribution >= 0.6 is 12.2 Å². The summed E-state index contributed by atoms with van der Waals surface area (Å²) in [4.78, 5) is 11.3. The van der Waals surface area contributed by atoms with E-state index in [0.717, 1.165) is 28.9 Å². The lowest BCUT2D eigenvalue weighted by Gasteiger charge is -2.27. The van der Waals surface area contributed by atoms with Crippen molar-refractivity contribution in [3.63, 3.8) is 0 Å². The number of nitrogens with zero attached hydrogens (tertiary/aromatic N) is 4. The van der Waals surface area contributed by atoms with Crippen LogP contribution in [0.2, 0.25) is 0 Å². The van der Waals surface area contributed by atoms with Crippen molar-refractivity contribution in [2.45, 2.75) is 19.0 Å². The first-order valence-electron chi connectivity index (χ1n) is 8.36. The van der Waals surface area contributed by atoms with Gasteiger partial charge in [0.2, 0.25) is 0 Å². The van der Waals surface area contributed by atoms with Crippen LogP contribution in [0, 0.1) is 0 Å². The average Bonchev–Trinajstić information content (AvgIpc) is 3.27. The molecule has 2 atom stereocenters. The van der Waals surface area contributed by atoms with Crippen molar-refractivity contribution in [3.8, 4) is 5.82 Å². The predicted molar refractivity (Wildman–Crippen MR) is 101 cm³/mol. The summed E-state index contributed by atoms with van der Waals surface area (Å²) in [6.45, 7) is 2.95. The summed E-state index contributed by atoms with van der Waals surface area (Å²) in [5.74, 6) is 0.899. The number of likely N-dealkylation sites (N-methyl/N-ethyl adjacent to an activating group) is 1. The van der Waals surface area contributed by atoms with E-state index in [-0.39, 0.29) is 12.1 Å². The van der Waals surface area contributed by atoms with Gasteiger partial charge in [-0.2, -0.15) is 0 Å². The van der Waals surface area contributed by atoms with Crippen LogP contribution in [0.15, 0.2) is 67.1 Å². The van der Waals surface area contributed by atoms with E-state index in [1.807, 2.05) is 55.0 Å². The summed E-state index contributed by atoms with van der Waals surface area (Å²) >= 11 is 5.59. The van der Waals surface area contributed by atoms with E-state index >= 15 is 0 Å². The topological polar surface area (TPSA) is 46.0 Å². The van der Waals surface area contributed by atoms with Crippen LogP contribution in [0.3, 0.4) is 0 Å². The Hall–Kier alpha value is -2.73. The molecule has 0 spiro atoms. The van der Waals surface area contributed by atoms with Crippen LogP contribution in [0.4, 0.5) is 0 Å². The van der Waals surface area contributed by atoms with Gasteiger partial charge in [-0.3, -0.25) is 4.98 Å². The zero-order chi connectivity index (χ0) is 17.2. The number of rotatable bonds is 4. The van der Waals surface area contributed by atoms with Gasteiger partial charge < -0.3 is 14.8 Å². The number of hydrogen-bond acceptors (Lipinski definition) is 3. The number of hydrogen-bond donors (Lipinski definition) is 1. The standard InChI is InChI=1S/C19H19N5S/c1-2-23-18(17(22-19(23)25)14-8-3-5-11-20-14)15-9-7-13-24(15)16-10-4-6-12-21-16/h3-13,17-18H,2H2,1H3,(H,22,25). The van der Waals surface area contributed by atoms with E-state index in [0.29, 0.717) is 0 Å². The second kappa shape index (κ2) is 6.64. The molecule has 1 aliphatic heterocycles. The normalized spacial score (nSPS) is 19.9. The van der Waals surface area contributed by atoms with Gasteiger partial charge in [-0.05, 0) is 55.5 Å². The summed E-state index contributed by atoms with van der Waals surface area (Å²) in [5.41, 5.74) is 2.13. The number of aromatic nitrogens is 3. The number of pyridine rings is 2. The second-order valence-electron chi connectivity index (χ2n) is 5.90. The average molecular weight is 349 g/mol. The zero-order valence-electron chi connectivity index (χ0n) is 13.9. The number of thiocarbonyl (C=S) groups is 1. The molecule has 2 unspecified atom stereocenters. The van der Waals surface area contributed by atoms with Gasteiger partial charge in [0, 0.05) is 30.8 Å². The second-order valence-corrected chi connectivity index (χ2v) is 6.29. The van der Waals surface area contributed by atoms with Gasteiger partial charge in [-0.25, -0.2) is 4.98 Å². The Labute approximate surface area is 152 Å². The van der Waals surface area contributed by atoms with Gasteiger partial charge in [-0.15, -0.1) is 0 Å². The van der Waals surface area contributed by atoms with Crippen molar-refractivity contribution in [2.75, 3.05) is 6.54 Å². The maximum atomic E-state index is 5.59. The van der Waals surface area contributed by atoms with Crippen LogP contribution in [-0.2, 0) is 0 Å². The molecule has 1 aliphatic rings. The molecule has 0 radical (unpaired) electrons. The highest BCUT2D eigenvalue weighted by atomic mass is 32.1. The summed E-state index contributed by atoms with van der Waals surface area (Å²) in [6, 6.07) is 16.2. The first kappa shape index (κ1) is 15.8. The smallest absolute Gasteiger partial charge is 0.170 e. The van der Waals surface area contributed by atoms with Gasteiger partial charge in [0.15, 0.2) is 5.11 Å². The Bertz CT molecular complexity index is 862. The molecule has 3 aromatic heterocycles. The molecule has 0 aliphatic carbocycles. The molecular weight excluding hydrogens is 330 g/mol. The maximum absolute atomic E-state index is 5.59. The van der Waals surface area contributed by atoms with Crippen LogP contribution in [0.1, 0.15) is 30.4 Å². The minimum absolute atomic E-state index is 0.00557. The fourth-order valence-electron chi connectivity index (χ4n) is 3.41. The molecule has 1 saturated heterocycles. The first-order valence-corrected chi connectivity index (χ1v) is 8.77. The third-order valence-corrected chi connectivity index (χ3v) is 4.87. The summed E-state index contributed by atoms with van der Waals surface area (Å²) in [5, 5.41) is 4.21. The van der Waals surface area contributed by atoms with E-state index in [9.17, 15) is 0 Å². The maximum Gasteiger partial charge on any atom is 0.170 e. The third kappa shape index (κ3) is 2.78. The van der Waals surface area contributed by atoms with Crippen molar-refractivity contribution in [1.82, 2.24) is 24.8 Å². The Balaban J connectivity index is 1.81. The van der Waals surface area contributed by atoms with Gasteiger partial charge >= 0.3 is 0 Å². The molecule has 6 heteroatoms. The molecule has 0 aromatic carbocycles. The molecule has 5 nitrogen and oxygen atoms in total. The first-order chi connectivity index (χ1) is 12.3. The summed E-state index contributed by atoms with van der Waals surface area (Å²) < 4.78 is 2.12. The molecule has 0 saturated carbocycles. The minimum Gasteiger partial charge on any atom is -0.352 e. The molecule has 1 N–H and O–H groups in total. The van der Waals surface area contributed by atoms with Gasteiger partial charge in [0.1, 0.15) is 5.82 Å². The molecule has 4 rings (SSSR count). The molecule has 0 amide bonds. The van der Waals surface area contributed by atoms with Crippen LogP contribution < -0.4 is 5.32 Å². The van der Waals surface area contributed by atoms with E-state index in [2.05, 4.69) is 43.8 Å². The minimum atomic E-state index is 0.00557. The lowest BCUT2D eigenvalue weighted by Crippen LogP contribution is -2.30. The van der Waals surface area contributed by atoms with Crippen LogP contribution in [0.25, 0.3) is 5.82 Å². The SMILES string of the molecule is CCN1C(=S)NC(c2ccccn2)C1c1cccn1-c1ccccn1. The van der Waals surface area contributed by atoms with Crippen molar-refractivity contribution in [3.05, 3.63) is 78.5 Å². The van der Waals surface area contributed by atoms with E-state index in [1.54, 1.807) is 0 Å². The fraction of sp³-hybridized carbons (Fsp3) is 0.211. The van der Waals surface area contributed by atoms with Gasteiger partial charge in [-0.1, -0.05) is 12.1 Å². The monoisotopic (exact) mass is 349 g/mol. The van der Waals surface area contributed by atoms with E-state index < -0.39 is 0 Å². The Morgan fingerprint density at radius 3 is 2.52 bits per heavy atom. The van der Waals surface area contributed by atoms with Gasteiger partial charge in [0.05, 0.1) is 17.8 Å². The molecule has 3 aromatic rings. The Morgan fingerprint density at radius 1 is 1.04 bits per heavy atom. The highest BCUT2D eigenvalue weighted by molar-refractivity contribution is 7.80. The molecule has 126 valence electrons. The van der Waals surface area contributed by atoms with E-state index in [1.165, 1.54) is 0 Å². The van der Waals surface area contributed by atoms with Crippen LogP contribution in [-0.4, -0.2) is 31.1 Å². The third-order valence-electron chi connectivity index (χ3n) is 4.52. The van der Waals surface area contributed by atoms with Crippen LogP contribution in [0.5, 0.6) is 0 Å². The molecular formula is C19H19N5S. The molecule has 4 heterocycles. The number of nitrogens with one attached hydrogen (secondary N) is 1. The van der Waals surface area contributed by atoms with Crippen molar-refractivity contribution < 1.29 is 0 Å². The summed E-state index contributed by atoms with van der Waals surface area (Å²) in [6.07, 6.45) is 5.68. The Morgan fingerprint density at radius 2 is 1.84 bits per heavy atom. The summed E-state index contributed by atoms with van der Waals surface area (Å²) in [7, 11) is 0. The Kier molecular flexibility index (Phi) is 4.19. The lowest BCUT2D eigenvalue weighted by molar-refractivity contribution is 0.321. The lowest BCUT2D eigenvalue weighted by atomic mass is 10.0. The van der Waals surface area contributed by atoms with Gasteiger partial charge in [0.25, 0.3) is 0 Å². The molecule has 0 bridgehead atoms. The van der Waals surface area contributed by atoms with Crippen molar-refractivity contribution in [1.29, 1.82) is 0 Å². The molecule has 1 fully saturated rings. The predicted octanol–water partition coefficient (Wildman–Crippen LogP) is 3.26. The highest BCUT2D eigenvalue weighted by Gasteiger charge is 2.40. The fourth-order valence-corrected chi connectivity index (χ4v) is 3.78. The van der Waals surface area contributed by atoms with Crippen molar-refractivity contribution in [2.24, 2.45) is 0 Å². The van der Waals surface area contributed by atoms with Crippen molar-refractivity contribution >= 4 is 17.3 Å². The quantitative estimate of drug-likeness (QED) is 0.733. The van der Waals surface area contributed by atoms with E-state index in [4.69, 9.17) is 12.2 Å². The largest absolute Gasteiger partial charge is 0.352 e.